The van der Waals surface area contributed by atoms with E-state index >= 15 is 0 Å². The minimum absolute atomic E-state index is 0.789. The van der Waals surface area contributed by atoms with Gasteiger partial charge in [0, 0.05) is 6.54 Å². The molecular weight excluding hydrogens is 126 g/mol. The molecule has 0 fully saturated rings. The maximum Gasteiger partial charge on any atom is 0.0679 e. The first kappa shape index (κ1) is 9.66. The van der Waals surface area contributed by atoms with Crippen LogP contribution in [0.3, 0.4) is 0 Å². The summed E-state index contributed by atoms with van der Waals surface area (Å²) < 4.78 is 0. The van der Waals surface area contributed by atoms with E-state index in [4.69, 9.17) is 4.84 Å². The minimum Gasteiger partial charge on any atom is -0.302 e. The Labute approximate surface area is 63.2 Å². The Morgan fingerprint density at radius 1 is 1.60 bits per heavy atom. The molecule has 0 aliphatic rings. The van der Waals surface area contributed by atoms with E-state index in [2.05, 4.69) is 25.4 Å². The number of hydrogen-bond acceptors (Lipinski definition) is 2. The molecule has 0 aliphatic heterocycles. The van der Waals surface area contributed by atoms with Crippen LogP contribution in [0.1, 0.15) is 27.2 Å². The van der Waals surface area contributed by atoms with Crippen molar-refractivity contribution in [1.29, 1.82) is 0 Å². The third kappa shape index (κ3) is 5.79. The molecule has 2 nitrogen and oxygen atoms in total. The Bertz CT molecular complexity index is 99.4. The van der Waals surface area contributed by atoms with Gasteiger partial charge in [-0.3, -0.25) is 0 Å². The average Bonchev–Trinajstić information content (AvgIpc) is 1.98. The van der Waals surface area contributed by atoms with Crippen LogP contribution in [0.25, 0.3) is 0 Å². The van der Waals surface area contributed by atoms with Gasteiger partial charge in [0.05, 0.1) is 6.61 Å². The molecule has 0 saturated carbocycles. The summed E-state index contributed by atoms with van der Waals surface area (Å²) in [6.45, 7) is 7.80. The summed E-state index contributed by atoms with van der Waals surface area (Å²) in [6, 6.07) is 0. The van der Waals surface area contributed by atoms with Gasteiger partial charge in [0.2, 0.25) is 0 Å². The molecule has 0 rings (SSSR count). The van der Waals surface area contributed by atoms with Gasteiger partial charge in [-0.15, -0.1) is 0 Å². The first-order valence-corrected chi connectivity index (χ1v) is 3.77. The van der Waals surface area contributed by atoms with Crippen molar-refractivity contribution in [2.45, 2.75) is 27.2 Å². The highest BCUT2D eigenvalue weighted by Crippen LogP contribution is 1.87. The summed E-state index contributed by atoms with van der Waals surface area (Å²) in [6.07, 6.45) is 3.13. The van der Waals surface area contributed by atoms with Gasteiger partial charge >= 0.3 is 0 Å². The molecule has 0 aromatic rings. The van der Waals surface area contributed by atoms with Crippen molar-refractivity contribution in [2.24, 2.45) is 0 Å². The first-order valence-electron chi connectivity index (χ1n) is 3.77. The second-order valence-corrected chi connectivity index (χ2v) is 2.30. The molecule has 0 unspecified atom stereocenters. The summed E-state index contributed by atoms with van der Waals surface area (Å²) in [7, 11) is 0. The zero-order chi connectivity index (χ0) is 7.82. The van der Waals surface area contributed by atoms with Gasteiger partial charge in [0.25, 0.3) is 0 Å². The first-order chi connectivity index (χ1) is 4.81. The van der Waals surface area contributed by atoms with Crippen LogP contribution in [0.2, 0.25) is 0 Å². The second kappa shape index (κ2) is 6.78. The van der Waals surface area contributed by atoms with E-state index in [1.54, 1.807) is 0 Å². The molecule has 2 heteroatoms. The number of allylic oxidation sites excluding steroid dienone is 1. The van der Waals surface area contributed by atoms with Crippen molar-refractivity contribution in [1.82, 2.24) is 5.48 Å². The lowest BCUT2D eigenvalue weighted by Gasteiger charge is -2.03. The molecule has 0 bridgehead atoms. The lowest BCUT2D eigenvalue weighted by atomic mass is 10.3. The Hall–Kier alpha value is -0.340. The van der Waals surface area contributed by atoms with Crippen molar-refractivity contribution in [2.75, 3.05) is 13.2 Å². The predicted octanol–water partition coefficient (Wildman–Crippen LogP) is 1.88. The van der Waals surface area contributed by atoms with Gasteiger partial charge in [-0.2, -0.15) is 5.48 Å². The largest absolute Gasteiger partial charge is 0.302 e. The molecule has 0 heterocycles. The fraction of sp³-hybridized carbons (Fsp3) is 0.750. The van der Waals surface area contributed by atoms with E-state index < -0.39 is 0 Å². The van der Waals surface area contributed by atoms with Crippen LogP contribution in [0.15, 0.2) is 11.6 Å². The van der Waals surface area contributed by atoms with E-state index in [-0.39, 0.29) is 0 Å². The lowest BCUT2D eigenvalue weighted by molar-refractivity contribution is 0.0475. The van der Waals surface area contributed by atoms with E-state index in [0.29, 0.717) is 0 Å². The fourth-order valence-electron chi connectivity index (χ4n) is 0.441. The van der Waals surface area contributed by atoms with Crippen LogP contribution in [0.5, 0.6) is 0 Å². The molecule has 0 radical (unpaired) electrons. The van der Waals surface area contributed by atoms with E-state index in [1.165, 1.54) is 5.57 Å². The molecular formula is C8H17NO. The minimum atomic E-state index is 0.789. The van der Waals surface area contributed by atoms with E-state index in [1.807, 2.05) is 6.92 Å². The second-order valence-electron chi connectivity index (χ2n) is 2.30. The molecule has 0 atom stereocenters. The van der Waals surface area contributed by atoms with Crippen LogP contribution in [0.4, 0.5) is 0 Å². The van der Waals surface area contributed by atoms with Crippen molar-refractivity contribution < 1.29 is 4.84 Å². The SMILES string of the molecule is CC=C(C)CNOCCC. The molecule has 10 heavy (non-hydrogen) atoms. The average molecular weight is 143 g/mol. The highest BCUT2D eigenvalue weighted by molar-refractivity contribution is 4.96. The summed E-state index contributed by atoms with van der Waals surface area (Å²) in [5.74, 6) is 0. The number of hydroxylamine groups is 1. The highest BCUT2D eigenvalue weighted by Gasteiger charge is 1.85. The van der Waals surface area contributed by atoms with Crippen molar-refractivity contribution >= 4 is 0 Å². The highest BCUT2D eigenvalue weighted by atomic mass is 16.6. The Morgan fingerprint density at radius 3 is 2.80 bits per heavy atom. The summed E-state index contributed by atoms with van der Waals surface area (Å²) >= 11 is 0. The quantitative estimate of drug-likeness (QED) is 0.360. The van der Waals surface area contributed by atoms with Crippen LogP contribution in [-0.4, -0.2) is 13.2 Å². The number of rotatable bonds is 5. The monoisotopic (exact) mass is 143 g/mol. The normalized spacial score (nSPS) is 12.1. The summed E-state index contributed by atoms with van der Waals surface area (Å²) in [5, 5.41) is 0. The smallest absolute Gasteiger partial charge is 0.0679 e. The molecule has 0 spiro atoms. The Morgan fingerprint density at radius 2 is 2.30 bits per heavy atom. The van der Waals surface area contributed by atoms with Crippen molar-refractivity contribution in [3.63, 3.8) is 0 Å². The maximum absolute atomic E-state index is 5.06. The van der Waals surface area contributed by atoms with Crippen molar-refractivity contribution in [3.05, 3.63) is 11.6 Å². The van der Waals surface area contributed by atoms with Crippen LogP contribution >= 0.6 is 0 Å². The Kier molecular flexibility index (Phi) is 6.55. The molecule has 60 valence electrons. The van der Waals surface area contributed by atoms with Gasteiger partial charge < -0.3 is 4.84 Å². The molecule has 1 N–H and O–H groups in total. The van der Waals surface area contributed by atoms with Crippen LogP contribution < -0.4 is 5.48 Å². The number of nitrogens with one attached hydrogen (secondary N) is 1. The van der Waals surface area contributed by atoms with Gasteiger partial charge in [-0.25, -0.2) is 0 Å². The van der Waals surface area contributed by atoms with Gasteiger partial charge in [-0.05, 0) is 20.3 Å². The fourth-order valence-corrected chi connectivity index (χ4v) is 0.441. The third-order valence-corrected chi connectivity index (χ3v) is 1.25. The van der Waals surface area contributed by atoms with Gasteiger partial charge in [-0.1, -0.05) is 18.6 Å². The van der Waals surface area contributed by atoms with E-state index in [0.717, 1.165) is 19.6 Å². The molecule has 0 amide bonds. The predicted molar refractivity (Wildman–Crippen MR) is 43.7 cm³/mol. The van der Waals surface area contributed by atoms with Crippen LogP contribution in [-0.2, 0) is 4.84 Å². The molecule has 0 aromatic heterocycles. The zero-order valence-electron chi connectivity index (χ0n) is 7.11. The lowest BCUT2D eigenvalue weighted by Crippen LogP contribution is -2.17. The topological polar surface area (TPSA) is 21.3 Å². The van der Waals surface area contributed by atoms with Gasteiger partial charge in [0.1, 0.15) is 0 Å². The summed E-state index contributed by atoms with van der Waals surface area (Å²) in [4.78, 5) is 5.06. The summed E-state index contributed by atoms with van der Waals surface area (Å²) in [5.41, 5.74) is 4.17. The van der Waals surface area contributed by atoms with Crippen molar-refractivity contribution in [3.8, 4) is 0 Å². The molecule has 0 aliphatic carbocycles. The number of hydrogen-bond donors (Lipinski definition) is 1. The Balaban J connectivity index is 3.04. The zero-order valence-corrected chi connectivity index (χ0v) is 7.11. The third-order valence-electron chi connectivity index (χ3n) is 1.25. The molecule has 0 saturated heterocycles. The van der Waals surface area contributed by atoms with E-state index in [9.17, 15) is 0 Å². The van der Waals surface area contributed by atoms with Crippen LogP contribution in [0, 0.1) is 0 Å². The van der Waals surface area contributed by atoms with Gasteiger partial charge in [0.15, 0.2) is 0 Å². The standard InChI is InChI=1S/C8H17NO/c1-4-6-10-9-7-8(3)5-2/h5,9H,4,6-7H2,1-3H3. The maximum atomic E-state index is 5.06. The molecule has 0 aromatic carbocycles.